The largest absolute Gasteiger partial charge is 1.00 e. The second-order valence-electron chi connectivity index (χ2n) is 8.69. The van der Waals surface area contributed by atoms with Gasteiger partial charge in [0.1, 0.15) is 22.8 Å². The highest BCUT2D eigenvalue weighted by atomic mass is 35.5. The van der Waals surface area contributed by atoms with Crippen molar-refractivity contribution in [3.05, 3.63) is 141 Å². The van der Waals surface area contributed by atoms with Crippen LogP contribution in [0.25, 0.3) is 23.5 Å². The summed E-state index contributed by atoms with van der Waals surface area (Å²) in [6, 6.07) is 33.5. The summed E-state index contributed by atoms with van der Waals surface area (Å²) >= 11 is 0. The highest BCUT2D eigenvalue weighted by molar-refractivity contribution is 5.79. The van der Waals surface area contributed by atoms with Gasteiger partial charge in [-0.25, -0.2) is 9.98 Å². The SMILES string of the molecule is C1=C2N=c3ccccc3=C2[NH2+]c2ccccc21.C1=C2N=c3ccccc3=C2[NH2+]c2ccccc21.[Cl-].[Cl-]. The number of fused-ring (bicyclic) bond motifs is 6. The number of para-hydroxylation sites is 4. The molecule has 6 heteroatoms. The Morgan fingerprint density at radius 3 is 1.31 bits per heavy atom. The van der Waals surface area contributed by atoms with Crippen LogP contribution >= 0.6 is 0 Å². The van der Waals surface area contributed by atoms with Crippen molar-refractivity contribution in [1.82, 2.24) is 0 Å². The lowest BCUT2D eigenvalue weighted by Gasteiger charge is -2.11. The van der Waals surface area contributed by atoms with Crippen LogP contribution in [0.3, 0.4) is 0 Å². The number of benzene rings is 4. The number of halogens is 2. The van der Waals surface area contributed by atoms with E-state index < -0.39 is 0 Å². The molecule has 0 radical (unpaired) electrons. The average molecular weight is 509 g/mol. The number of nitrogens with two attached hydrogens (primary N) is 2. The van der Waals surface area contributed by atoms with Crippen LogP contribution in [-0.4, -0.2) is 0 Å². The summed E-state index contributed by atoms with van der Waals surface area (Å²) in [7, 11) is 0. The Morgan fingerprint density at radius 1 is 0.444 bits per heavy atom. The molecule has 36 heavy (non-hydrogen) atoms. The first-order valence-electron chi connectivity index (χ1n) is 11.5. The van der Waals surface area contributed by atoms with E-state index in [1.807, 2.05) is 12.1 Å². The molecule has 4 aliphatic rings. The normalized spacial score (nSPS) is 14.7. The Hall–Kier alpha value is -3.80. The fourth-order valence-electron chi connectivity index (χ4n) is 4.93. The van der Waals surface area contributed by atoms with Gasteiger partial charge in [-0.05, 0) is 48.6 Å². The van der Waals surface area contributed by atoms with E-state index in [0.29, 0.717) is 0 Å². The number of quaternary nitrogens is 2. The van der Waals surface area contributed by atoms with Crippen molar-refractivity contribution in [1.29, 1.82) is 0 Å². The molecule has 0 amide bonds. The smallest absolute Gasteiger partial charge is 0.170 e. The zero-order valence-electron chi connectivity index (χ0n) is 19.2. The molecular weight excluding hydrogens is 487 g/mol. The fraction of sp³-hybridized carbons (Fsp3) is 0. The van der Waals surface area contributed by atoms with E-state index in [-0.39, 0.29) is 24.8 Å². The minimum Gasteiger partial charge on any atom is -1.00 e. The van der Waals surface area contributed by atoms with Crippen LogP contribution in [0.5, 0.6) is 0 Å². The molecule has 0 bridgehead atoms. The van der Waals surface area contributed by atoms with Crippen LogP contribution in [0.15, 0.2) is 118 Å². The van der Waals surface area contributed by atoms with Crippen LogP contribution in [0.1, 0.15) is 11.1 Å². The maximum Gasteiger partial charge on any atom is 0.170 e. The van der Waals surface area contributed by atoms with Gasteiger partial charge >= 0.3 is 0 Å². The van der Waals surface area contributed by atoms with Crippen molar-refractivity contribution in [3.63, 3.8) is 0 Å². The summed E-state index contributed by atoms with van der Waals surface area (Å²) in [5, 5.41) is 9.12. The Labute approximate surface area is 220 Å². The molecule has 4 N–H and O–H groups in total. The first-order valence-corrected chi connectivity index (χ1v) is 11.5. The maximum atomic E-state index is 4.67. The molecule has 0 aliphatic carbocycles. The zero-order valence-corrected chi connectivity index (χ0v) is 20.7. The molecule has 0 atom stereocenters. The van der Waals surface area contributed by atoms with E-state index in [4.69, 9.17) is 0 Å². The molecule has 4 nitrogen and oxygen atoms in total. The molecule has 8 rings (SSSR count). The Morgan fingerprint density at radius 2 is 0.833 bits per heavy atom. The molecule has 0 aromatic heterocycles. The van der Waals surface area contributed by atoms with E-state index in [9.17, 15) is 0 Å². The number of hydrogen-bond acceptors (Lipinski definition) is 2. The molecule has 4 aromatic carbocycles. The van der Waals surface area contributed by atoms with E-state index in [1.54, 1.807) is 0 Å². The maximum absolute atomic E-state index is 4.67. The second-order valence-corrected chi connectivity index (χ2v) is 8.69. The van der Waals surface area contributed by atoms with E-state index in [0.717, 1.165) is 22.1 Å². The summed E-state index contributed by atoms with van der Waals surface area (Å²) in [5.41, 5.74) is 9.73. The van der Waals surface area contributed by atoms with Crippen molar-refractivity contribution < 1.29 is 35.4 Å². The van der Waals surface area contributed by atoms with Crippen LogP contribution < -0.4 is 56.6 Å². The molecular formula is C30H22Cl2N4. The summed E-state index contributed by atoms with van der Waals surface area (Å²) in [6.07, 6.45) is 4.34. The lowest BCUT2D eigenvalue weighted by molar-refractivity contribution is -0.471. The van der Waals surface area contributed by atoms with Gasteiger partial charge in [0.05, 0.1) is 21.2 Å². The number of rotatable bonds is 0. The Kier molecular flexibility index (Phi) is 6.44. The topological polar surface area (TPSA) is 57.9 Å². The van der Waals surface area contributed by atoms with Crippen molar-refractivity contribution in [2.45, 2.75) is 0 Å². The van der Waals surface area contributed by atoms with Crippen molar-refractivity contribution in [2.24, 2.45) is 9.98 Å². The van der Waals surface area contributed by atoms with Crippen LogP contribution in [0.2, 0.25) is 0 Å². The van der Waals surface area contributed by atoms with Crippen molar-refractivity contribution in [2.75, 3.05) is 0 Å². The van der Waals surface area contributed by atoms with E-state index in [2.05, 4.69) is 118 Å². The summed E-state index contributed by atoms with van der Waals surface area (Å²) in [4.78, 5) is 9.33. The third kappa shape index (κ3) is 4.00. The first-order chi connectivity index (χ1) is 16.8. The van der Waals surface area contributed by atoms with Crippen molar-refractivity contribution in [3.8, 4) is 0 Å². The summed E-state index contributed by atoms with van der Waals surface area (Å²) in [5.74, 6) is 0. The van der Waals surface area contributed by atoms with E-state index in [1.165, 1.54) is 44.3 Å². The number of nitrogens with zero attached hydrogens (tertiary/aromatic N) is 2. The summed E-state index contributed by atoms with van der Waals surface area (Å²) < 4.78 is 0. The van der Waals surface area contributed by atoms with Gasteiger partial charge in [-0.1, -0.05) is 48.5 Å². The lowest BCUT2D eigenvalue weighted by Crippen LogP contribution is -3.00. The average Bonchev–Trinajstić information content (AvgIpc) is 3.43. The van der Waals surface area contributed by atoms with Gasteiger partial charge in [-0.3, -0.25) is 10.6 Å². The molecule has 0 spiro atoms. The van der Waals surface area contributed by atoms with Gasteiger partial charge in [0.2, 0.25) is 0 Å². The third-order valence-corrected chi connectivity index (χ3v) is 6.60. The lowest BCUT2D eigenvalue weighted by atomic mass is 10.1. The van der Waals surface area contributed by atoms with Gasteiger partial charge in [0, 0.05) is 23.3 Å². The Balaban J connectivity index is 0.000000140. The monoisotopic (exact) mass is 508 g/mol. The van der Waals surface area contributed by atoms with E-state index >= 15 is 0 Å². The highest BCUT2D eigenvalue weighted by Gasteiger charge is 2.24. The predicted octanol–water partition coefficient (Wildman–Crippen LogP) is -4.64. The van der Waals surface area contributed by atoms with Gasteiger partial charge < -0.3 is 24.8 Å². The standard InChI is InChI=1S/2C15H10N2.2ClH/c2*1-3-7-12-10(5-1)9-14-15(17-12)11-6-2-4-8-13(11)16-14;;/h2*1-9,17H;2*1H. The molecule has 0 unspecified atom stereocenters. The molecule has 0 saturated carbocycles. The van der Waals surface area contributed by atoms with Crippen LogP contribution in [0, 0.1) is 0 Å². The molecule has 4 aromatic rings. The Bertz CT molecular complexity index is 1690. The van der Waals surface area contributed by atoms with Crippen LogP contribution in [-0.2, 0) is 0 Å². The van der Waals surface area contributed by atoms with Gasteiger partial charge in [0.25, 0.3) is 0 Å². The molecule has 4 aliphatic heterocycles. The molecule has 176 valence electrons. The molecule has 0 fully saturated rings. The quantitative estimate of drug-likeness (QED) is 0.224. The first kappa shape index (κ1) is 23.9. The van der Waals surface area contributed by atoms with Gasteiger partial charge in [-0.15, -0.1) is 0 Å². The highest BCUT2D eigenvalue weighted by Crippen LogP contribution is 2.24. The number of hydrogen-bond donors (Lipinski definition) is 2. The molecule has 0 saturated heterocycles. The van der Waals surface area contributed by atoms with Gasteiger partial charge in [0.15, 0.2) is 11.4 Å². The third-order valence-electron chi connectivity index (χ3n) is 6.60. The minimum absolute atomic E-state index is 0. The fourth-order valence-corrected chi connectivity index (χ4v) is 4.93. The van der Waals surface area contributed by atoms with Crippen molar-refractivity contribution >= 4 is 34.9 Å². The summed E-state index contributed by atoms with van der Waals surface area (Å²) in [6.45, 7) is 0. The predicted molar refractivity (Wildman–Crippen MR) is 133 cm³/mol. The zero-order chi connectivity index (χ0) is 22.5. The second kappa shape index (κ2) is 9.69. The minimum atomic E-state index is 0. The van der Waals surface area contributed by atoms with Crippen LogP contribution in [0.4, 0.5) is 11.4 Å². The van der Waals surface area contributed by atoms with Gasteiger partial charge in [-0.2, -0.15) is 0 Å². The molecule has 4 heterocycles.